The van der Waals surface area contributed by atoms with Crippen LogP contribution >= 0.6 is 0 Å². The van der Waals surface area contributed by atoms with Crippen molar-refractivity contribution in [3.63, 3.8) is 0 Å². The minimum absolute atomic E-state index is 0.433. The van der Waals surface area contributed by atoms with Gasteiger partial charge in [-0.05, 0) is 0 Å². The van der Waals surface area contributed by atoms with Gasteiger partial charge in [0.2, 0.25) is 0 Å². The second-order valence-corrected chi connectivity index (χ2v) is 15.9. The van der Waals surface area contributed by atoms with Crippen LogP contribution in [-0.2, 0) is 52.1 Å². The second-order valence-electron chi connectivity index (χ2n) is 15.9. The summed E-state index contributed by atoms with van der Waals surface area (Å²) in [6.07, 6.45) is -51.4. The van der Waals surface area contributed by atoms with Crippen LogP contribution in [0.5, 0.6) is 0 Å². The zero-order chi connectivity index (χ0) is 46.2. The van der Waals surface area contributed by atoms with E-state index >= 15 is 0 Å². The molecule has 0 radical (unpaired) electrons. The summed E-state index contributed by atoms with van der Waals surface area (Å²) in [4.78, 5) is 0. The smallest absolute Gasteiger partial charge is 0.187 e. The van der Waals surface area contributed by atoms with Crippen LogP contribution in [0.15, 0.2) is 0 Å². The van der Waals surface area contributed by atoms with Crippen molar-refractivity contribution in [3.05, 3.63) is 0 Å². The van der Waals surface area contributed by atoms with Crippen LogP contribution in [0.4, 0.5) is 0 Å². The molecule has 0 aromatic carbocycles. The van der Waals surface area contributed by atoms with Crippen LogP contribution in [0.25, 0.3) is 0 Å². The fourth-order valence-corrected chi connectivity index (χ4v) is 7.75. The van der Waals surface area contributed by atoms with Crippen molar-refractivity contribution in [1.82, 2.24) is 0 Å². The summed E-state index contributed by atoms with van der Waals surface area (Å²) in [7, 11) is 0. The van der Waals surface area contributed by atoms with E-state index in [-0.39, 0.29) is 0 Å². The van der Waals surface area contributed by atoms with E-state index in [1.807, 2.05) is 0 Å². The van der Waals surface area contributed by atoms with Crippen molar-refractivity contribution < 1.29 is 144 Å². The highest BCUT2D eigenvalue weighted by atomic mass is 16.8. The van der Waals surface area contributed by atoms with E-state index in [2.05, 4.69) is 0 Å². The molecule has 6 aliphatic rings. The van der Waals surface area contributed by atoms with Gasteiger partial charge in [0.05, 0.1) is 39.6 Å². The van der Waals surface area contributed by atoms with Gasteiger partial charge in [0, 0.05) is 0 Å². The first-order valence-corrected chi connectivity index (χ1v) is 19.9. The van der Waals surface area contributed by atoms with Gasteiger partial charge in [-0.2, -0.15) is 0 Å². The molecule has 0 spiro atoms. The molecule has 0 aromatic heterocycles. The van der Waals surface area contributed by atoms with E-state index < -0.39 is 212 Å². The van der Waals surface area contributed by atoms with Crippen molar-refractivity contribution in [2.24, 2.45) is 0 Å². The molecule has 0 saturated carbocycles. The summed E-state index contributed by atoms with van der Waals surface area (Å²) in [5.41, 5.74) is 0. The number of hydrogen-bond donors (Lipinski definition) is 18. The molecule has 6 aliphatic heterocycles. The summed E-state index contributed by atoms with van der Waals surface area (Å²) in [5.74, 6) is 0. The molecular formula is C34H58O29. The molecule has 29 nitrogen and oxygen atoms in total. The van der Waals surface area contributed by atoms with E-state index in [0.717, 1.165) is 0 Å². The van der Waals surface area contributed by atoms with E-state index in [4.69, 9.17) is 52.1 Å². The third kappa shape index (κ3) is 10.9. The predicted molar refractivity (Wildman–Crippen MR) is 187 cm³/mol. The maximum atomic E-state index is 11.4. The molecule has 0 amide bonds. The summed E-state index contributed by atoms with van der Waals surface area (Å²) in [5, 5.41) is 188. The van der Waals surface area contributed by atoms with Crippen LogP contribution in [0.1, 0.15) is 0 Å². The van der Waals surface area contributed by atoms with Crippen molar-refractivity contribution >= 4 is 0 Å². The SMILES string of the molecule is OC[C@H]1O[C@@H](O)[C@H](O)[C@@H](O)[C@@H]1O[C@@H]1O[C@H](CO[C@H]2OC[C@@H](O)[C@H](O)[C@H]2O)[C@@H](O[C@@H]2O[C@H](CO)[C@@H](O[C@@H]3O[C@H](CO[C@H]4OC[C@@H](O)[C@H](O)[C@H]4O)[C@@H](O)[C@H](O)[C@H]3O)[C@H](O)[C@H]2O)[C@H](O)[C@H]1O. The highest BCUT2D eigenvalue weighted by molar-refractivity contribution is 4.98. The Bertz CT molecular complexity index is 1400. The van der Waals surface area contributed by atoms with Crippen LogP contribution in [0, 0.1) is 0 Å². The van der Waals surface area contributed by atoms with Gasteiger partial charge in [0.15, 0.2) is 37.7 Å². The Morgan fingerprint density at radius 2 is 0.683 bits per heavy atom. The van der Waals surface area contributed by atoms with Crippen LogP contribution in [0.2, 0.25) is 0 Å². The molecule has 0 bridgehead atoms. The second kappa shape index (κ2) is 21.9. The van der Waals surface area contributed by atoms with Crippen molar-refractivity contribution in [1.29, 1.82) is 0 Å². The Morgan fingerprint density at radius 3 is 1.14 bits per heavy atom. The average Bonchev–Trinajstić information content (AvgIpc) is 3.26. The molecule has 0 aliphatic carbocycles. The largest absolute Gasteiger partial charge is 0.394 e. The van der Waals surface area contributed by atoms with Gasteiger partial charge >= 0.3 is 0 Å². The van der Waals surface area contributed by atoms with Gasteiger partial charge in [-0.3, -0.25) is 0 Å². The first-order chi connectivity index (χ1) is 29.8. The van der Waals surface area contributed by atoms with Gasteiger partial charge in [0.25, 0.3) is 0 Å². The normalized spacial score (nSPS) is 53.6. The minimum Gasteiger partial charge on any atom is -0.394 e. The highest BCUT2D eigenvalue weighted by Crippen LogP contribution is 2.35. The molecule has 0 unspecified atom stereocenters. The Hall–Kier alpha value is -1.16. The summed E-state index contributed by atoms with van der Waals surface area (Å²) >= 11 is 0. The first kappa shape index (κ1) is 51.2. The maximum Gasteiger partial charge on any atom is 0.187 e. The Labute approximate surface area is 355 Å². The summed E-state index contributed by atoms with van der Waals surface area (Å²) < 4.78 is 60.5. The fraction of sp³-hybridized carbons (Fsp3) is 1.00. The van der Waals surface area contributed by atoms with Gasteiger partial charge in [-0.1, -0.05) is 0 Å². The third-order valence-corrected chi connectivity index (χ3v) is 11.6. The first-order valence-electron chi connectivity index (χ1n) is 19.9. The monoisotopic (exact) mass is 930 g/mol. The van der Waals surface area contributed by atoms with E-state index in [9.17, 15) is 91.9 Å². The fourth-order valence-electron chi connectivity index (χ4n) is 7.75. The third-order valence-electron chi connectivity index (χ3n) is 11.6. The summed E-state index contributed by atoms with van der Waals surface area (Å²) in [6.45, 7) is -4.31. The molecule has 0 aromatic rings. The molecule has 29 heteroatoms. The molecule has 6 saturated heterocycles. The van der Waals surface area contributed by atoms with E-state index in [1.165, 1.54) is 0 Å². The lowest BCUT2D eigenvalue weighted by atomic mass is 9.95. The van der Waals surface area contributed by atoms with Gasteiger partial charge in [0.1, 0.15) is 134 Å². The lowest BCUT2D eigenvalue weighted by Gasteiger charge is -2.49. The minimum atomic E-state index is -2.19. The topological polar surface area (TPSA) is 466 Å². The lowest BCUT2D eigenvalue weighted by Crippen LogP contribution is -2.67. The molecule has 63 heavy (non-hydrogen) atoms. The van der Waals surface area contributed by atoms with Crippen LogP contribution in [-0.4, -0.2) is 304 Å². The molecule has 28 atom stereocenters. The Balaban J connectivity index is 1.15. The molecule has 18 N–H and O–H groups in total. The number of hydrogen-bond acceptors (Lipinski definition) is 29. The summed E-state index contributed by atoms with van der Waals surface area (Å²) in [6, 6.07) is 0. The zero-order valence-electron chi connectivity index (χ0n) is 32.9. The molecular weight excluding hydrogens is 872 g/mol. The van der Waals surface area contributed by atoms with Crippen molar-refractivity contribution in [3.8, 4) is 0 Å². The number of aliphatic hydroxyl groups excluding tert-OH is 18. The molecule has 6 rings (SSSR count). The highest BCUT2D eigenvalue weighted by Gasteiger charge is 2.56. The van der Waals surface area contributed by atoms with Gasteiger partial charge in [-0.15, -0.1) is 0 Å². The molecule has 6 fully saturated rings. The Kier molecular flexibility index (Phi) is 17.8. The van der Waals surface area contributed by atoms with Crippen molar-refractivity contribution in [2.75, 3.05) is 39.6 Å². The zero-order valence-corrected chi connectivity index (χ0v) is 32.9. The quantitative estimate of drug-likeness (QED) is 0.0769. The average molecular weight is 931 g/mol. The number of aliphatic hydroxyl groups is 18. The predicted octanol–water partition coefficient (Wildman–Crippen LogP) is -12.8. The lowest BCUT2D eigenvalue weighted by molar-refractivity contribution is -0.391. The Morgan fingerprint density at radius 1 is 0.333 bits per heavy atom. The van der Waals surface area contributed by atoms with Gasteiger partial charge in [-0.25, -0.2) is 0 Å². The van der Waals surface area contributed by atoms with Crippen LogP contribution < -0.4 is 0 Å². The number of rotatable bonds is 14. The van der Waals surface area contributed by atoms with E-state index in [1.54, 1.807) is 0 Å². The maximum absolute atomic E-state index is 11.4. The van der Waals surface area contributed by atoms with Gasteiger partial charge < -0.3 is 144 Å². The molecule has 6 heterocycles. The van der Waals surface area contributed by atoms with Crippen LogP contribution in [0.3, 0.4) is 0 Å². The molecule has 368 valence electrons. The van der Waals surface area contributed by atoms with E-state index in [0.29, 0.717) is 0 Å². The standard InChI is InChI=1S/C34H58O29/c35-1-9-26(17(43)20(46)29(52)57-9)61-34-25(51)19(45)28(12(60-34)6-56-31-22(48)14(40)8(38)4-54-31)63-33-24(50)18(44)27(10(2-36)58-33)62-32-23(49)16(42)15(41)11(59-32)5-55-30-21(47)13(39)7(37)3-53-30/h7-52H,1-6H2/t7-,8-,9-,10-,11-,12-,13+,14+,15-,16+,17-,18-,19-,20-,21-,22-,23-,24-,25-,26-,27-,28-,29-,30-,31-,32+,33+,34+/m1/s1. The number of ether oxygens (including phenoxy) is 11. The van der Waals surface area contributed by atoms with Crippen molar-refractivity contribution in [2.45, 2.75) is 172 Å².